The highest BCUT2D eigenvalue weighted by molar-refractivity contribution is 9.11. The van der Waals surface area contributed by atoms with Crippen molar-refractivity contribution in [2.45, 2.75) is 6.54 Å². The molecule has 2 aromatic rings. The van der Waals surface area contributed by atoms with E-state index in [1.165, 1.54) is 4.68 Å². The molecule has 0 spiro atoms. The van der Waals surface area contributed by atoms with Crippen LogP contribution >= 0.6 is 31.9 Å². The first kappa shape index (κ1) is 12.2. The first-order valence-electron chi connectivity index (χ1n) is 4.51. The summed E-state index contributed by atoms with van der Waals surface area (Å²) >= 11 is 6.72. The quantitative estimate of drug-likeness (QED) is 0.903. The molecule has 0 aliphatic heterocycles. The third-order valence-electron chi connectivity index (χ3n) is 1.99. The molecule has 0 amide bonds. The van der Waals surface area contributed by atoms with E-state index in [2.05, 4.69) is 47.4 Å². The van der Waals surface area contributed by atoms with Gasteiger partial charge in [-0.05, 0) is 28.6 Å². The second-order valence-electron chi connectivity index (χ2n) is 3.18. The Morgan fingerprint density at radius 1 is 1.41 bits per heavy atom. The summed E-state index contributed by atoms with van der Waals surface area (Å²) in [6.07, 6.45) is 0. The molecule has 0 saturated carbocycles. The number of hydrogen-bond acceptors (Lipinski definition) is 4. The molecule has 0 atom stereocenters. The largest absolute Gasteiger partial charge is 0.480 e. The first-order valence-corrected chi connectivity index (χ1v) is 6.10. The van der Waals surface area contributed by atoms with E-state index in [4.69, 9.17) is 5.11 Å². The van der Waals surface area contributed by atoms with Gasteiger partial charge in [-0.2, -0.15) is 0 Å². The number of rotatable bonds is 3. The summed E-state index contributed by atoms with van der Waals surface area (Å²) in [7, 11) is 0. The molecular formula is C9H6Br2N4O2. The molecule has 88 valence electrons. The molecule has 1 N–H and O–H groups in total. The van der Waals surface area contributed by atoms with Crippen molar-refractivity contribution in [1.29, 1.82) is 0 Å². The maximum absolute atomic E-state index is 10.7. The van der Waals surface area contributed by atoms with Crippen molar-refractivity contribution in [3.8, 4) is 11.4 Å². The number of aromatic nitrogens is 4. The Kier molecular flexibility index (Phi) is 3.53. The number of tetrazole rings is 1. The van der Waals surface area contributed by atoms with Crippen LogP contribution in [0.25, 0.3) is 11.4 Å². The number of carboxylic acid groups (broad SMARTS) is 1. The van der Waals surface area contributed by atoms with Crippen LogP contribution in [0.4, 0.5) is 0 Å². The predicted octanol–water partition coefficient (Wildman–Crippen LogP) is 1.95. The van der Waals surface area contributed by atoms with E-state index in [-0.39, 0.29) is 6.54 Å². The van der Waals surface area contributed by atoms with Gasteiger partial charge in [0.15, 0.2) is 5.82 Å². The zero-order valence-electron chi connectivity index (χ0n) is 8.34. The molecule has 2 rings (SSSR count). The third-order valence-corrected chi connectivity index (χ3v) is 3.17. The lowest BCUT2D eigenvalue weighted by atomic mass is 10.2. The van der Waals surface area contributed by atoms with Gasteiger partial charge in [0.1, 0.15) is 6.54 Å². The minimum atomic E-state index is -0.996. The van der Waals surface area contributed by atoms with E-state index < -0.39 is 5.97 Å². The summed E-state index contributed by atoms with van der Waals surface area (Å²) < 4.78 is 2.89. The van der Waals surface area contributed by atoms with E-state index in [0.717, 1.165) is 14.5 Å². The highest BCUT2D eigenvalue weighted by atomic mass is 79.9. The van der Waals surface area contributed by atoms with Crippen LogP contribution in [-0.4, -0.2) is 31.3 Å². The molecule has 0 unspecified atom stereocenters. The summed E-state index contributed by atoms with van der Waals surface area (Å²) in [5.41, 5.74) is 0.727. The summed E-state index contributed by atoms with van der Waals surface area (Å²) in [5.74, 6) is -0.592. The number of benzene rings is 1. The predicted molar refractivity (Wildman–Crippen MR) is 66.3 cm³/mol. The van der Waals surface area contributed by atoms with E-state index in [1.54, 1.807) is 0 Å². The average Bonchev–Trinajstić information content (AvgIpc) is 2.69. The van der Waals surface area contributed by atoms with Crippen molar-refractivity contribution in [2.24, 2.45) is 0 Å². The maximum atomic E-state index is 10.7. The SMILES string of the molecule is O=C(O)Cn1nnnc1-c1cc(Br)ccc1Br. The fourth-order valence-corrected chi connectivity index (χ4v) is 2.09. The standard InChI is InChI=1S/C9H6Br2N4O2/c10-5-1-2-7(11)6(3-5)9-12-13-14-15(9)4-8(16)17/h1-3H,4H2,(H,16,17). The Labute approximate surface area is 113 Å². The fraction of sp³-hybridized carbons (Fsp3) is 0.111. The molecule has 1 heterocycles. The number of carbonyl (C=O) groups is 1. The van der Waals surface area contributed by atoms with Crippen LogP contribution in [0.3, 0.4) is 0 Å². The number of nitrogens with zero attached hydrogens (tertiary/aromatic N) is 4. The van der Waals surface area contributed by atoms with Gasteiger partial charge >= 0.3 is 5.97 Å². The Bertz CT molecular complexity index is 570. The van der Waals surface area contributed by atoms with Gasteiger partial charge in [0.2, 0.25) is 0 Å². The van der Waals surface area contributed by atoms with Gasteiger partial charge in [-0.25, -0.2) is 4.68 Å². The number of hydrogen-bond donors (Lipinski definition) is 1. The van der Waals surface area contributed by atoms with Gasteiger partial charge in [-0.1, -0.05) is 31.9 Å². The maximum Gasteiger partial charge on any atom is 0.325 e. The highest BCUT2D eigenvalue weighted by Crippen LogP contribution is 2.29. The molecule has 0 bridgehead atoms. The van der Waals surface area contributed by atoms with Crippen LogP contribution < -0.4 is 0 Å². The average molecular weight is 362 g/mol. The molecule has 1 aromatic heterocycles. The number of halogens is 2. The van der Waals surface area contributed by atoms with Gasteiger partial charge in [-0.15, -0.1) is 5.10 Å². The van der Waals surface area contributed by atoms with Crippen molar-refractivity contribution in [2.75, 3.05) is 0 Å². The van der Waals surface area contributed by atoms with E-state index in [9.17, 15) is 4.79 Å². The molecule has 0 radical (unpaired) electrons. The Hall–Kier alpha value is -1.28. The molecule has 0 fully saturated rings. The molecule has 0 aliphatic carbocycles. The monoisotopic (exact) mass is 360 g/mol. The highest BCUT2D eigenvalue weighted by Gasteiger charge is 2.14. The van der Waals surface area contributed by atoms with Gasteiger partial charge in [0.25, 0.3) is 0 Å². The molecule has 8 heteroatoms. The van der Waals surface area contributed by atoms with Gasteiger partial charge in [0, 0.05) is 14.5 Å². The lowest BCUT2D eigenvalue weighted by Gasteiger charge is -2.04. The van der Waals surface area contributed by atoms with Crippen LogP contribution in [0, 0.1) is 0 Å². The Balaban J connectivity index is 2.49. The normalized spacial score (nSPS) is 10.5. The fourth-order valence-electron chi connectivity index (χ4n) is 1.30. The number of carboxylic acids is 1. The van der Waals surface area contributed by atoms with Gasteiger partial charge < -0.3 is 5.11 Å². The molecule has 6 nitrogen and oxygen atoms in total. The molecule has 17 heavy (non-hydrogen) atoms. The van der Waals surface area contributed by atoms with E-state index >= 15 is 0 Å². The molecule has 0 aliphatic rings. The molecule has 0 saturated heterocycles. The van der Waals surface area contributed by atoms with E-state index in [0.29, 0.717) is 5.82 Å². The van der Waals surface area contributed by atoms with Crippen molar-refractivity contribution >= 4 is 37.8 Å². The van der Waals surface area contributed by atoms with Crippen molar-refractivity contribution in [3.63, 3.8) is 0 Å². The minimum absolute atomic E-state index is 0.277. The van der Waals surface area contributed by atoms with Crippen LogP contribution in [0.5, 0.6) is 0 Å². The third kappa shape index (κ3) is 2.70. The van der Waals surface area contributed by atoms with Crippen LogP contribution in [-0.2, 0) is 11.3 Å². The zero-order chi connectivity index (χ0) is 12.4. The lowest BCUT2D eigenvalue weighted by molar-refractivity contribution is -0.137. The van der Waals surface area contributed by atoms with Crippen molar-refractivity contribution in [1.82, 2.24) is 20.2 Å². The van der Waals surface area contributed by atoms with Crippen LogP contribution in [0.2, 0.25) is 0 Å². The van der Waals surface area contributed by atoms with Crippen molar-refractivity contribution in [3.05, 3.63) is 27.1 Å². The van der Waals surface area contributed by atoms with Crippen LogP contribution in [0.1, 0.15) is 0 Å². The first-order chi connectivity index (χ1) is 8.08. The zero-order valence-corrected chi connectivity index (χ0v) is 11.5. The van der Waals surface area contributed by atoms with Crippen LogP contribution in [0.15, 0.2) is 27.1 Å². The van der Waals surface area contributed by atoms with E-state index in [1.807, 2.05) is 18.2 Å². The minimum Gasteiger partial charge on any atom is -0.480 e. The van der Waals surface area contributed by atoms with Gasteiger partial charge in [0.05, 0.1) is 0 Å². The summed E-state index contributed by atoms with van der Waals surface area (Å²) in [6.45, 7) is -0.277. The Morgan fingerprint density at radius 2 is 2.18 bits per heavy atom. The second kappa shape index (κ2) is 4.92. The Morgan fingerprint density at radius 3 is 2.88 bits per heavy atom. The topological polar surface area (TPSA) is 80.9 Å². The lowest BCUT2D eigenvalue weighted by Crippen LogP contribution is -2.11. The summed E-state index contributed by atoms with van der Waals surface area (Å²) in [6, 6.07) is 5.51. The van der Waals surface area contributed by atoms with Crippen molar-refractivity contribution < 1.29 is 9.90 Å². The smallest absolute Gasteiger partial charge is 0.325 e. The molecular weight excluding hydrogens is 356 g/mol. The summed E-state index contributed by atoms with van der Waals surface area (Å²) in [4.78, 5) is 10.7. The second-order valence-corrected chi connectivity index (χ2v) is 4.95. The van der Waals surface area contributed by atoms with Gasteiger partial charge in [-0.3, -0.25) is 4.79 Å². The molecule has 1 aromatic carbocycles. The number of aliphatic carboxylic acids is 1. The summed E-state index contributed by atoms with van der Waals surface area (Å²) in [5, 5.41) is 19.7.